The standard InChI is InChI=1S/C20H22FN3O2/c1-26-19-8-7-16(11-18(19)21)20-17(12-22-23-20)14-24(9-10-25)13-15-5-3-2-4-6-15/h2-8,11-12,25H,9-10,13-14H2,1H3,(H,22,23). The van der Waals surface area contributed by atoms with Crippen LogP contribution in [0.5, 0.6) is 5.75 Å². The van der Waals surface area contributed by atoms with Gasteiger partial charge < -0.3 is 9.84 Å². The van der Waals surface area contributed by atoms with Crippen LogP contribution < -0.4 is 4.74 Å². The molecular weight excluding hydrogens is 333 g/mol. The molecular formula is C20H22FN3O2. The first-order valence-electron chi connectivity index (χ1n) is 8.44. The highest BCUT2D eigenvalue weighted by molar-refractivity contribution is 5.63. The van der Waals surface area contributed by atoms with E-state index in [2.05, 4.69) is 27.2 Å². The van der Waals surface area contributed by atoms with E-state index in [1.54, 1.807) is 18.3 Å². The minimum absolute atomic E-state index is 0.0666. The highest BCUT2D eigenvalue weighted by Crippen LogP contribution is 2.27. The number of nitrogens with zero attached hydrogens (tertiary/aromatic N) is 2. The fraction of sp³-hybridized carbons (Fsp3) is 0.250. The molecule has 0 unspecified atom stereocenters. The van der Waals surface area contributed by atoms with E-state index in [1.165, 1.54) is 18.7 Å². The number of H-pyrrole nitrogens is 1. The van der Waals surface area contributed by atoms with E-state index in [0.717, 1.165) is 11.3 Å². The van der Waals surface area contributed by atoms with Crippen molar-refractivity contribution in [1.82, 2.24) is 15.1 Å². The van der Waals surface area contributed by atoms with Crippen molar-refractivity contribution in [1.29, 1.82) is 0 Å². The lowest BCUT2D eigenvalue weighted by Crippen LogP contribution is -2.26. The lowest BCUT2D eigenvalue weighted by Gasteiger charge is -2.21. The number of methoxy groups -OCH3 is 1. The van der Waals surface area contributed by atoms with Gasteiger partial charge in [0.05, 0.1) is 25.6 Å². The van der Waals surface area contributed by atoms with Crippen LogP contribution in [0.3, 0.4) is 0 Å². The number of halogens is 1. The van der Waals surface area contributed by atoms with Crippen LogP contribution >= 0.6 is 0 Å². The zero-order chi connectivity index (χ0) is 18.4. The van der Waals surface area contributed by atoms with Crippen molar-refractivity contribution >= 4 is 0 Å². The number of hydrogen-bond donors (Lipinski definition) is 2. The van der Waals surface area contributed by atoms with E-state index in [-0.39, 0.29) is 12.4 Å². The van der Waals surface area contributed by atoms with Crippen molar-refractivity contribution in [2.24, 2.45) is 0 Å². The molecule has 0 aliphatic rings. The SMILES string of the molecule is COc1ccc(-c2[nH]ncc2CN(CCO)Cc2ccccc2)cc1F. The van der Waals surface area contributed by atoms with E-state index in [0.29, 0.717) is 25.2 Å². The van der Waals surface area contributed by atoms with Crippen LogP contribution in [0.1, 0.15) is 11.1 Å². The second-order valence-electron chi connectivity index (χ2n) is 6.04. The van der Waals surface area contributed by atoms with Crippen LogP contribution in [0.15, 0.2) is 54.7 Å². The lowest BCUT2D eigenvalue weighted by atomic mass is 10.1. The summed E-state index contributed by atoms with van der Waals surface area (Å²) in [5, 5.41) is 16.5. The van der Waals surface area contributed by atoms with E-state index >= 15 is 0 Å². The molecule has 5 nitrogen and oxygen atoms in total. The first kappa shape index (κ1) is 18.1. The fourth-order valence-corrected chi connectivity index (χ4v) is 2.94. The van der Waals surface area contributed by atoms with Crippen LogP contribution in [0.25, 0.3) is 11.3 Å². The van der Waals surface area contributed by atoms with Gasteiger partial charge in [0.2, 0.25) is 0 Å². The zero-order valence-corrected chi connectivity index (χ0v) is 14.7. The van der Waals surface area contributed by atoms with Gasteiger partial charge in [0, 0.05) is 30.8 Å². The normalized spacial score (nSPS) is 11.1. The molecule has 136 valence electrons. The Morgan fingerprint density at radius 3 is 2.65 bits per heavy atom. The van der Waals surface area contributed by atoms with E-state index in [9.17, 15) is 9.50 Å². The molecule has 0 atom stereocenters. The summed E-state index contributed by atoms with van der Waals surface area (Å²) in [5.74, 6) is -0.206. The maximum atomic E-state index is 14.0. The largest absolute Gasteiger partial charge is 0.494 e. The number of rotatable bonds is 8. The predicted molar refractivity (Wildman–Crippen MR) is 98.2 cm³/mol. The lowest BCUT2D eigenvalue weighted by molar-refractivity contribution is 0.184. The minimum atomic E-state index is -0.415. The van der Waals surface area contributed by atoms with Gasteiger partial charge in [-0.3, -0.25) is 10.00 Å². The van der Waals surface area contributed by atoms with Crippen molar-refractivity contribution in [2.75, 3.05) is 20.3 Å². The van der Waals surface area contributed by atoms with Crippen molar-refractivity contribution in [2.45, 2.75) is 13.1 Å². The number of aromatic amines is 1. The number of hydrogen-bond acceptors (Lipinski definition) is 4. The summed E-state index contributed by atoms with van der Waals surface area (Å²) in [6.07, 6.45) is 1.74. The molecule has 1 aromatic heterocycles. The van der Waals surface area contributed by atoms with Gasteiger partial charge >= 0.3 is 0 Å². The minimum Gasteiger partial charge on any atom is -0.494 e. The molecule has 0 radical (unpaired) electrons. The second kappa shape index (κ2) is 8.60. The Labute approximate surface area is 152 Å². The Morgan fingerprint density at radius 2 is 1.96 bits per heavy atom. The molecule has 2 aromatic carbocycles. The van der Waals surface area contributed by atoms with Crippen LogP contribution in [-0.2, 0) is 13.1 Å². The van der Waals surface area contributed by atoms with Gasteiger partial charge in [-0.15, -0.1) is 0 Å². The smallest absolute Gasteiger partial charge is 0.165 e. The number of nitrogens with one attached hydrogen (secondary N) is 1. The van der Waals surface area contributed by atoms with Gasteiger partial charge in [-0.1, -0.05) is 30.3 Å². The zero-order valence-electron chi connectivity index (χ0n) is 14.7. The molecule has 0 bridgehead atoms. The first-order valence-corrected chi connectivity index (χ1v) is 8.44. The molecule has 0 saturated carbocycles. The van der Waals surface area contributed by atoms with Crippen molar-refractivity contribution in [3.63, 3.8) is 0 Å². The van der Waals surface area contributed by atoms with E-state index in [1.807, 2.05) is 18.2 Å². The molecule has 3 rings (SSSR count). The third-order valence-corrected chi connectivity index (χ3v) is 4.22. The van der Waals surface area contributed by atoms with Crippen LogP contribution in [-0.4, -0.2) is 40.5 Å². The first-order chi connectivity index (χ1) is 12.7. The average molecular weight is 355 g/mol. The van der Waals surface area contributed by atoms with Crippen LogP contribution in [0.4, 0.5) is 4.39 Å². The summed E-state index contributed by atoms with van der Waals surface area (Å²) >= 11 is 0. The third-order valence-electron chi connectivity index (χ3n) is 4.22. The molecule has 0 aliphatic carbocycles. The predicted octanol–water partition coefficient (Wildman–Crippen LogP) is 3.22. The molecule has 1 heterocycles. The van der Waals surface area contributed by atoms with Gasteiger partial charge in [0.15, 0.2) is 11.6 Å². The van der Waals surface area contributed by atoms with Crippen molar-refractivity contribution < 1.29 is 14.2 Å². The molecule has 26 heavy (non-hydrogen) atoms. The summed E-state index contributed by atoms with van der Waals surface area (Å²) in [5.41, 5.74) is 3.59. The Hall–Kier alpha value is -2.70. The Kier molecular flexibility index (Phi) is 5.99. The Morgan fingerprint density at radius 1 is 1.15 bits per heavy atom. The molecule has 0 amide bonds. The molecule has 2 N–H and O–H groups in total. The monoisotopic (exact) mass is 355 g/mol. The summed E-state index contributed by atoms with van der Waals surface area (Å²) in [6.45, 7) is 1.91. The third kappa shape index (κ3) is 4.28. The highest BCUT2D eigenvalue weighted by Gasteiger charge is 2.14. The second-order valence-corrected chi connectivity index (χ2v) is 6.04. The van der Waals surface area contributed by atoms with Gasteiger partial charge in [-0.05, 0) is 23.8 Å². The highest BCUT2D eigenvalue weighted by atomic mass is 19.1. The van der Waals surface area contributed by atoms with Crippen molar-refractivity contribution in [3.8, 4) is 17.0 Å². The van der Waals surface area contributed by atoms with Gasteiger partial charge in [0.25, 0.3) is 0 Å². The van der Waals surface area contributed by atoms with Gasteiger partial charge in [0.1, 0.15) is 0 Å². The Bertz CT molecular complexity index is 836. The van der Waals surface area contributed by atoms with E-state index < -0.39 is 5.82 Å². The summed E-state index contributed by atoms with van der Waals surface area (Å²) in [6, 6.07) is 14.9. The van der Waals surface area contributed by atoms with Crippen LogP contribution in [0, 0.1) is 5.82 Å². The van der Waals surface area contributed by atoms with Crippen LogP contribution in [0.2, 0.25) is 0 Å². The number of aliphatic hydroxyl groups is 1. The van der Waals surface area contributed by atoms with Gasteiger partial charge in [-0.25, -0.2) is 4.39 Å². The molecule has 0 aliphatic heterocycles. The number of ether oxygens (including phenoxy) is 1. The number of aliphatic hydroxyl groups excluding tert-OH is 1. The van der Waals surface area contributed by atoms with Crippen molar-refractivity contribution in [3.05, 3.63) is 71.7 Å². The molecule has 0 saturated heterocycles. The summed E-state index contributed by atoms with van der Waals surface area (Å²) < 4.78 is 19.0. The summed E-state index contributed by atoms with van der Waals surface area (Å²) in [7, 11) is 1.44. The molecule has 0 spiro atoms. The Balaban J connectivity index is 1.81. The maximum absolute atomic E-state index is 14.0. The number of benzene rings is 2. The molecule has 0 fully saturated rings. The summed E-state index contributed by atoms with van der Waals surface area (Å²) in [4.78, 5) is 2.13. The fourth-order valence-electron chi connectivity index (χ4n) is 2.94. The molecule has 6 heteroatoms. The van der Waals surface area contributed by atoms with E-state index in [4.69, 9.17) is 4.74 Å². The average Bonchev–Trinajstić information content (AvgIpc) is 3.11. The molecule has 3 aromatic rings. The van der Waals surface area contributed by atoms with Gasteiger partial charge in [-0.2, -0.15) is 5.10 Å². The quantitative estimate of drug-likeness (QED) is 0.651. The number of aromatic nitrogens is 2. The maximum Gasteiger partial charge on any atom is 0.165 e. The topological polar surface area (TPSA) is 61.4 Å².